The van der Waals surface area contributed by atoms with Crippen molar-refractivity contribution in [2.75, 3.05) is 6.61 Å². The van der Waals surface area contributed by atoms with Gasteiger partial charge in [0, 0.05) is 6.61 Å². The van der Waals surface area contributed by atoms with Crippen molar-refractivity contribution in [2.45, 2.75) is 38.9 Å². The molecule has 0 spiro atoms. The lowest BCUT2D eigenvalue weighted by Gasteiger charge is -2.27. The lowest BCUT2D eigenvalue weighted by molar-refractivity contribution is 0.275. The molecule has 0 radical (unpaired) electrons. The smallest absolute Gasteiger partial charge is 0.186 e. The van der Waals surface area contributed by atoms with Crippen LogP contribution >= 0.6 is 0 Å². The Morgan fingerprint density at radius 3 is 2.09 bits per heavy atom. The molecule has 0 aromatic carbocycles. The van der Waals surface area contributed by atoms with Crippen LogP contribution in [0.5, 0.6) is 0 Å². The third-order valence-corrected chi connectivity index (χ3v) is 4.21. The molecule has 1 fully saturated rings. The normalized spacial score (nSPS) is 21.4. The molecule has 2 heteroatoms. The van der Waals surface area contributed by atoms with Gasteiger partial charge in [0.2, 0.25) is 0 Å². The van der Waals surface area contributed by atoms with E-state index in [4.69, 9.17) is 4.43 Å². The van der Waals surface area contributed by atoms with Crippen LogP contribution in [0, 0.1) is 0 Å². The zero-order valence-electron chi connectivity index (χ0n) is 8.02. The molecule has 0 saturated carbocycles. The average molecular weight is 172 g/mol. The molecular formula is C9H20OSi. The third kappa shape index (κ3) is 6.32. The molecule has 0 aromatic heterocycles. The second-order valence-corrected chi connectivity index (χ2v) is 7.78. The van der Waals surface area contributed by atoms with Gasteiger partial charge in [-0.15, -0.1) is 6.58 Å². The summed E-state index contributed by atoms with van der Waals surface area (Å²) in [6, 6.07) is 1.37. The second-order valence-electron chi connectivity index (χ2n) is 3.47. The number of hydrogen-bond donors (Lipinski definition) is 0. The molecule has 1 rings (SSSR count). The van der Waals surface area contributed by atoms with Gasteiger partial charge in [0.15, 0.2) is 8.32 Å². The van der Waals surface area contributed by atoms with Crippen molar-refractivity contribution in [1.29, 1.82) is 0 Å². The molecule has 0 amide bonds. The Bertz CT molecular complexity index is 102. The van der Waals surface area contributed by atoms with Crippen LogP contribution in [0.15, 0.2) is 12.7 Å². The molecule has 1 aliphatic heterocycles. The quantitative estimate of drug-likeness (QED) is 0.403. The summed E-state index contributed by atoms with van der Waals surface area (Å²) < 4.78 is 5.60. The van der Waals surface area contributed by atoms with Crippen molar-refractivity contribution in [2.24, 2.45) is 0 Å². The van der Waals surface area contributed by atoms with Gasteiger partial charge in [0.25, 0.3) is 0 Å². The predicted octanol–water partition coefficient (Wildman–Crippen LogP) is 3.19. The van der Waals surface area contributed by atoms with E-state index in [-0.39, 0.29) is 0 Å². The molecule has 1 heterocycles. The van der Waals surface area contributed by atoms with Gasteiger partial charge in [-0.1, -0.05) is 12.5 Å². The van der Waals surface area contributed by atoms with Crippen LogP contribution in [-0.2, 0) is 4.43 Å². The fraction of sp³-hybridized carbons (Fsp3) is 0.778. The number of rotatable bonds is 0. The van der Waals surface area contributed by atoms with E-state index < -0.39 is 8.32 Å². The minimum atomic E-state index is -1.09. The topological polar surface area (TPSA) is 9.23 Å². The minimum absolute atomic E-state index is 1.03. The Morgan fingerprint density at radius 2 is 1.91 bits per heavy atom. The van der Waals surface area contributed by atoms with Crippen LogP contribution in [0.1, 0.15) is 19.8 Å². The van der Waals surface area contributed by atoms with Crippen LogP contribution in [0.2, 0.25) is 19.1 Å². The van der Waals surface area contributed by atoms with Gasteiger partial charge in [-0.2, -0.15) is 0 Å². The summed E-state index contributed by atoms with van der Waals surface area (Å²) in [4.78, 5) is 0. The summed E-state index contributed by atoms with van der Waals surface area (Å²) in [5.74, 6) is 0. The van der Waals surface area contributed by atoms with Crippen LogP contribution in [0.4, 0.5) is 0 Å². The summed E-state index contributed by atoms with van der Waals surface area (Å²) in [5.41, 5.74) is 0. The molecule has 0 aliphatic carbocycles. The van der Waals surface area contributed by atoms with E-state index in [0.29, 0.717) is 0 Å². The highest BCUT2D eigenvalue weighted by molar-refractivity contribution is 6.71. The Kier molecular flexibility index (Phi) is 5.51. The van der Waals surface area contributed by atoms with Crippen molar-refractivity contribution in [3.8, 4) is 0 Å². The second kappa shape index (κ2) is 5.55. The zero-order valence-corrected chi connectivity index (χ0v) is 9.02. The standard InChI is InChI=1S/C6H14OSi.C3H6/c1-8(2)6-4-3-5-7-8;1-3-2/h3-6H2,1-2H3;3H,1H2,2H3. The molecule has 1 aliphatic rings. The molecule has 0 unspecified atom stereocenters. The SMILES string of the molecule is C=CC.C[Si]1(C)CCCCO1. The Labute approximate surface area is 71.6 Å². The maximum absolute atomic E-state index is 5.60. The first-order valence-electron chi connectivity index (χ1n) is 4.33. The monoisotopic (exact) mass is 172 g/mol. The summed E-state index contributed by atoms with van der Waals surface area (Å²) in [6.45, 7) is 10.9. The van der Waals surface area contributed by atoms with Crippen molar-refractivity contribution < 1.29 is 4.43 Å². The summed E-state index contributed by atoms with van der Waals surface area (Å²) in [6.07, 6.45) is 4.44. The Balaban J connectivity index is 0.000000292. The van der Waals surface area contributed by atoms with E-state index in [0.717, 1.165) is 6.61 Å². The Hall–Kier alpha value is -0.0831. The van der Waals surface area contributed by atoms with E-state index in [1.165, 1.54) is 18.9 Å². The lowest BCUT2D eigenvalue weighted by Crippen LogP contribution is -2.33. The first-order chi connectivity index (χ1) is 5.12. The van der Waals surface area contributed by atoms with Crippen molar-refractivity contribution >= 4 is 8.32 Å². The Morgan fingerprint density at radius 1 is 1.36 bits per heavy atom. The summed E-state index contributed by atoms with van der Waals surface area (Å²) in [7, 11) is -1.09. The van der Waals surface area contributed by atoms with Crippen LogP contribution in [-0.4, -0.2) is 14.9 Å². The lowest BCUT2D eigenvalue weighted by atomic mass is 10.4. The van der Waals surface area contributed by atoms with Gasteiger partial charge in [-0.05, 0) is 32.5 Å². The van der Waals surface area contributed by atoms with E-state index in [1.54, 1.807) is 6.08 Å². The molecule has 66 valence electrons. The van der Waals surface area contributed by atoms with Gasteiger partial charge in [0.1, 0.15) is 0 Å². The average Bonchev–Trinajstić information content (AvgIpc) is 1.88. The summed E-state index contributed by atoms with van der Waals surface area (Å²) in [5, 5.41) is 0. The molecule has 0 aromatic rings. The van der Waals surface area contributed by atoms with E-state index >= 15 is 0 Å². The predicted molar refractivity (Wildman–Crippen MR) is 53.3 cm³/mol. The van der Waals surface area contributed by atoms with Gasteiger partial charge in [-0.25, -0.2) is 0 Å². The molecule has 0 N–H and O–H groups in total. The fourth-order valence-electron chi connectivity index (χ4n) is 1.07. The summed E-state index contributed by atoms with van der Waals surface area (Å²) >= 11 is 0. The van der Waals surface area contributed by atoms with Gasteiger partial charge in [-0.3, -0.25) is 0 Å². The highest BCUT2D eigenvalue weighted by atomic mass is 28.4. The molecule has 1 nitrogen and oxygen atoms in total. The number of allylic oxidation sites excluding steroid dienone is 1. The highest BCUT2D eigenvalue weighted by Crippen LogP contribution is 2.20. The first-order valence-corrected chi connectivity index (χ1v) is 7.45. The van der Waals surface area contributed by atoms with Crippen LogP contribution in [0.3, 0.4) is 0 Å². The van der Waals surface area contributed by atoms with Gasteiger partial charge in [0.05, 0.1) is 0 Å². The molecular weight excluding hydrogens is 152 g/mol. The van der Waals surface area contributed by atoms with Gasteiger partial charge < -0.3 is 4.43 Å². The van der Waals surface area contributed by atoms with E-state index in [9.17, 15) is 0 Å². The molecule has 1 saturated heterocycles. The highest BCUT2D eigenvalue weighted by Gasteiger charge is 2.24. The third-order valence-electron chi connectivity index (χ3n) is 1.67. The van der Waals surface area contributed by atoms with E-state index in [1.807, 2.05) is 6.92 Å². The maximum atomic E-state index is 5.60. The van der Waals surface area contributed by atoms with Crippen molar-refractivity contribution in [3.05, 3.63) is 12.7 Å². The van der Waals surface area contributed by atoms with E-state index in [2.05, 4.69) is 19.7 Å². The molecule has 0 bridgehead atoms. The first kappa shape index (κ1) is 10.9. The number of hydrogen-bond acceptors (Lipinski definition) is 1. The van der Waals surface area contributed by atoms with Crippen LogP contribution in [0.25, 0.3) is 0 Å². The fourth-order valence-corrected chi connectivity index (χ4v) is 3.02. The minimum Gasteiger partial charge on any atom is -0.417 e. The maximum Gasteiger partial charge on any atom is 0.186 e. The molecule has 11 heavy (non-hydrogen) atoms. The zero-order chi connectivity index (χ0) is 8.74. The van der Waals surface area contributed by atoms with Crippen molar-refractivity contribution in [3.63, 3.8) is 0 Å². The van der Waals surface area contributed by atoms with Crippen molar-refractivity contribution in [1.82, 2.24) is 0 Å². The van der Waals surface area contributed by atoms with Gasteiger partial charge >= 0.3 is 0 Å². The largest absolute Gasteiger partial charge is 0.417 e. The van der Waals surface area contributed by atoms with Crippen LogP contribution < -0.4 is 0 Å². The molecule has 0 atom stereocenters.